The van der Waals surface area contributed by atoms with Crippen molar-refractivity contribution in [3.63, 3.8) is 0 Å². The Morgan fingerprint density at radius 2 is 1.86 bits per heavy atom. The van der Waals surface area contributed by atoms with Crippen LogP contribution in [0.1, 0.15) is 106 Å². The molecule has 10 nitrogen and oxygen atoms in total. The zero-order valence-corrected chi connectivity index (χ0v) is 30.1. The average molecular weight is 704 g/mol. The molecule has 0 bridgehead atoms. The molecule has 2 aromatic rings. The molecular formula is C41H57N3O7. The number of nitrogens with two attached hydrogens (primary N) is 1. The Bertz CT molecular complexity index is 1540. The van der Waals surface area contributed by atoms with Crippen LogP contribution >= 0.6 is 0 Å². The van der Waals surface area contributed by atoms with Crippen molar-refractivity contribution < 1.29 is 34.8 Å². The molecule has 2 heterocycles. The Kier molecular flexibility index (Phi) is 14.3. The molecular weight excluding hydrogens is 646 g/mol. The Balaban J connectivity index is 1.24. The molecule has 0 unspecified atom stereocenters. The number of nitrogens with zero attached hydrogens (tertiary/aromatic N) is 1. The van der Waals surface area contributed by atoms with Gasteiger partial charge in [-0.25, -0.2) is 4.98 Å². The Morgan fingerprint density at radius 1 is 1.04 bits per heavy atom. The number of ketones is 2. The number of piperidine rings is 1. The summed E-state index contributed by atoms with van der Waals surface area (Å²) in [6, 6.07) is 7.42. The average Bonchev–Trinajstić information content (AvgIpc) is 3.18. The fourth-order valence-electron chi connectivity index (χ4n) is 8.56. The summed E-state index contributed by atoms with van der Waals surface area (Å²) in [5, 5.41) is 46.3. The number of phenols is 1. The van der Waals surface area contributed by atoms with Crippen molar-refractivity contribution in [3.05, 3.63) is 47.2 Å². The largest absolute Gasteiger partial charge is 0.504 e. The maximum absolute atomic E-state index is 13.6. The van der Waals surface area contributed by atoms with E-state index in [4.69, 9.17) is 10.5 Å². The lowest BCUT2D eigenvalue weighted by molar-refractivity contribution is -0.124. The molecule has 1 aromatic carbocycles. The van der Waals surface area contributed by atoms with Crippen LogP contribution in [0.4, 0.5) is 5.82 Å². The van der Waals surface area contributed by atoms with Crippen LogP contribution in [0.5, 0.6) is 11.5 Å². The van der Waals surface area contributed by atoms with E-state index in [0.717, 1.165) is 61.8 Å². The molecule has 7 N–H and O–H groups in total. The van der Waals surface area contributed by atoms with Crippen LogP contribution in [-0.4, -0.2) is 75.5 Å². The van der Waals surface area contributed by atoms with Crippen LogP contribution in [0.25, 0.3) is 0 Å². The van der Waals surface area contributed by atoms with Crippen LogP contribution in [0.15, 0.2) is 30.5 Å². The van der Waals surface area contributed by atoms with Gasteiger partial charge in [0.2, 0.25) is 0 Å². The predicted octanol–water partition coefficient (Wildman–Crippen LogP) is 4.64. The highest BCUT2D eigenvalue weighted by atomic mass is 16.5. The number of phenolic OH excluding ortho intramolecular Hbond substituents is 1. The van der Waals surface area contributed by atoms with E-state index in [1.807, 2.05) is 12.1 Å². The van der Waals surface area contributed by atoms with Crippen molar-refractivity contribution in [1.29, 1.82) is 0 Å². The highest BCUT2D eigenvalue weighted by Crippen LogP contribution is 2.39. The minimum atomic E-state index is -0.912. The number of pyridine rings is 1. The first-order chi connectivity index (χ1) is 24.6. The van der Waals surface area contributed by atoms with Gasteiger partial charge in [-0.1, -0.05) is 24.7 Å². The number of aromatic hydroxyl groups is 1. The van der Waals surface area contributed by atoms with Crippen LogP contribution in [0.3, 0.4) is 0 Å². The van der Waals surface area contributed by atoms with Gasteiger partial charge in [-0.15, -0.1) is 0 Å². The number of anilines is 1. The van der Waals surface area contributed by atoms with Gasteiger partial charge in [0.05, 0.1) is 19.3 Å². The van der Waals surface area contributed by atoms with Crippen LogP contribution in [0.2, 0.25) is 0 Å². The fourth-order valence-corrected chi connectivity index (χ4v) is 8.56. The first kappa shape index (κ1) is 38.7. The lowest BCUT2D eigenvalue weighted by Crippen LogP contribution is -2.50. The van der Waals surface area contributed by atoms with E-state index >= 15 is 0 Å². The molecule has 2 aliphatic carbocycles. The summed E-state index contributed by atoms with van der Waals surface area (Å²) in [6.45, 7) is 1.02. The number of fused-ring (bicyclic) bond motifs is 2. The topological polar surface area (TPSA) is 175 Å². The molecule has 3 aliphatic rings. The first-order valence-electron chi connectivity index (χ1n) is 19.0. The third kappa shape index (κ3) is 10.8. The summed E-state index contributed by atoms with van der Waals surface area (Å²) >= 11 is 0. The van der Waals surface area contributed by atoms with E-state index in [1.165, 1.54) is 7.11 Å². The zero-order valence-electron chi connectivity index (χ0n) is 30.1. The number of aliphatic hydroxyl groups is 3. The Hall–Kier alpha value is -3.49. The summed E-state index contributed by atoms with van der Waals surface area (Å²) in [4.78, 5) is 29.6. The van der Waals surface area contributed by atoms with Gasteiger partial charge in [-0.3, -0.25) is 9.59 Å². The SMILES string of the molecule is COc1cc2c(cc1O)[C@H](CC[C@H](O)CCc1ccnc(N)c1)C#C[C@H]([C@H](O)CCC[C@H](CCCO)[C@@H]1CN[C@@H]3CC(=O)CC[C@@H]3C1)C(=O)CC2. The van der Waals surface area contributed by atoms with Gasteiger partial charge < -0.3 is 36.2 Å². The number of hydrogen-bond acceptors (Lipinski definition) is 10. The molecule has 5 rings (SSSR count). The van der Waals surface area contributed by atoms with Gasteiger partial charge in [0.1, 0.15) is 17.5 Å². The van der Waals surface area contributed by atoms with Crippen LogP contribution in [-0.2, 0) is 22.4 Å². The summed E-state index contributed by atoms with van der Waals surface area (Å²) in [6.07, 6.45) is 10.0. The monoisotopic (exact) mass is 703 g/mol. The predicted molar refractivity (Wildman–Crippen MR) is 196 cm³/mol. The molecule has 10 heteroatoms. The quantitative estimate of drug-likeness (QED) is 0.135. The summed E-state index contributed by atoms with van der Waals surface area (Å²) in [5.41, 5.74) is 8.50. The summed E-state index contributed by atoms with van der Waals surface area (Å²) in [5.74, 6) is 7.68. The normalized spacial score (nSPS) is 25.2. The molecule has 278 valence electrons. The van der Waals surface area contributed by atoms with Crippen molar-refractivity contribution in [2.75, 3.05) is 26.0 Å². The van der Waals surface area contributed by atoms with Gasteiger partial charge in [0.15, 0.2) is 17.3 Å². The van der Waals surface area contributed by atoms with E-state index in [0.29, 0.717) is 86.5 Å². The lowest BCUT2D eigenvalue weighted by Gasteiger charge is -2.42. The molecule has 1 saturated carbocycles. The smallest absolute Gasteiger partial charge is 0.160 e. The van der Waals surface area contributed by atoms with E-state index in [9.17, 15) is 30.0 Å². The van der Waals surface area contributed by atoms with Gasteiger partial charge in [-0.05, 0) is 129 Å². The Morgan fingerprint density at radius 3 is 2.65 bits per heavy atom. The number of ether oxygens (including phenoxy) is 1. The van der Waals surface area contributed by atoms with Gasteiger partial charge in [0.25, 0.3) is 0 Å². The third-order valence-electron chi connectivity index (χ3n) is 11.5. The number of carbonyl (C=O) groups is 2. The highest BCUT2D eigenvalue weighted by Gasteiger charge is 2.37. The van der Waals surface area contributed by atoms with Crippen molar-refractivity contribution in [2.45, 2.75) is 120 Å². The van der Waals surface area contributed by atoms with Gasteiger partial charge >= 0.3 is 0 Å². The minimum Gasteiger partial charge on any atom is -0.504 e. The second-order valence-corrected chi connectivity index (χ2v) is 15.0. The van der Waals surface area contributed by atoms with E-state index in [2.05, 4.69) is 22.1 Å². The van der Waals surface area contributed by atoms with E-state index < -0.39 is 18.1 Å². The number of nitrogens with one attached hydrogen (secondary N) is 1. The highest BCUT2D eigenvalue weighted by molar-refractivity contribution is 5.85. The summed E-state index contributed by atoms with van der Waals surface area (Å²) in [7, 11) is 1.49. The molecule has 0 spiro atoms. The maximum atomic E-state index is 13.6. The molecule has 1 aliphatic heterocycles. The molecule has 51 heavy (non-hydrogen) atoms. The standard InChI is InChI=1S/C41H57N3O7/c1-51-40-22-29-11-16-38(49)34(15-10-28(35(29)24-39(40)50)8-13-32(46)12-7-26-17-18-43-41(42)20-26)37(48)6-2-4-27(5-3-19-45)31-21-30-9-14-33(47)23-36(30)44-25-31/h17-18,20,22,24,27-28,30-32,34,36-37,44-46,48,50H,2-9,11-14,16,19,21,23,25H2,1H3,(H2,42,43)/t27-,28-,30-,31+,32-,34-,36-,37-/m1/s1. The summed E-state index contributed by atoms with van der Waals surface area (Å²) < 4.78 is 5.38. The number of aryl methyl sites for hydroxylation is 2. The molecule has 0 amide bonds. The third-order valence-corrected chi connectivity index (χ3v) is 11.5. The maximum Gasteiger partial charge on any atom is 0.160 e. The molecule has 0 radical (unpaired) electrons. The van der Waals surface area contributed by atoms with E-state index in [-0.39, 0.29) is 36.5 Å². The first-order valence-corrected chi connectivity index (χ1v) is 19.0. The number of carbonyl (C=O) groups excluding carboxylic acids is 2. The number of benzene rings is 1. The number of Topliss-reactive ketones (excluding diaryl/α,β-unsaturated/α-hetero) is 2. The van der Waals surface area contributed by atoms with Crippen molar-refractivity contribution in [1.82, 2.24) is 10.3 Å². The number of hydrogen-bond donors (Lipinski definition) is 6. The molecule has 1 aromatic heterocycles. The van der Waals surface area contributed by atoms with Crippen molar-refractivity contribution >= 4 is 17.4 Å². The van der Waals surface area contributed by atoms with Crippen molar-refractivity contribution in [2.24, 2.45) is 23.7 Å². The minimum absolute atomic E-state index is 0.00236. The van der Waals surface area contributed by atoms with E-state index in [1.54, 1.807) is 18.3 Å². The number of methoxy groups -OCH3 is 1. The fraction of sp³-hybridized carbons (Fsp3) is 0.634. The molecule has 8 atom stereocenters. The second kappa shape index (κ2) is 18.8. The second-order valence-electron chi connectivity index (χ2n) is 15.0. The zero-order chi connectivity index (χ0) is 36.3. The van der Waals surface area contributed by atoms with Crippen LogP contribution in [0, 0.1) is 35.5 Å². The molecule has 2 fully saturated rings. The number of rotatable bonds is 16. The van der Waals surface area contributed by atoms with Crippen molar-refractivity contribution in [3.8, 4) is 23.3 Å². The number of aliphatic hydroxyl groups excluding tert-OH is 3. The van der Waals surface area contributed by atoms with Crippen LogP contribution < -0.4 is 15.8 Å². The number of aromatic nitrogens is 1. The van der Waals surface area contributed by atoms with Gasteiger partial charge in [0, 0.05) is 44.0 Å². The number of nitrogen functional groups attached to an aromatic ring is 1. The molecule has 1 saturated heterocycles. The van der Waals surface area contributed by atoms with Gasteiger partial charge in [-0.2, -0.15) is 0 Å². The Labute approximate surface area is 302 Å². The lowest BCUT2D eigenvalue weighted by atomic mass is 9.70.